The quantitative estimate of drug-likeness (QED) is 0.867. The Kier molecular flexibility index (Phi) is 3.39. The SMILES string of the molecule is Cc1cc(C(O)c2ccc(F)c(F)c2)ccc1F. The van der Waals surface area contributed by atoms with Gasteiger partial charge in [0.25, 0.3) is 0 Å². The molecule has 4 heteroatoms. The van der Waals surface area contributed by atoms with E-state index < -0.39 is 17.7 Å². The molecule has 18 heavy (non-hydrogen) atoms. The van der Waals surface area contributed by atoms with Crippen molar-refractivity contribution in [3.8, 4) is 0 Å². The highest BCUT2D eigenvalue weighted by molar-refractivity contribution is 5.33. The Hall–Kier alpha value is -1.81. The number of halogens is 3. The summed E-state index contributed by atoms with van der Waals surface area (Å²) in [6.45, 7) is 1.57. The Balaban J connectivity index is 2.37. The highest BCUT2D eigenvalue weighted by Gasteiger charge is 2.14. The smallest absolute Gasteiger partial charge is 0.159 e. The molecule has 2 aromatic carbocycles. The van der Waals surface area contributed by atoms with Gasteiger partial charge >= 0.3 is 0 Å². The first-order valence-corrected chi connectivity index (χ1v) is 5.38. The Labute approximate surface area is 103 Å². The molecule has 1 nitrogen and oxygen atoms in total. The summed E-state index contributed by atoms with van der Waals surface area (Å²) in [7, 11) is 0. The fourth-order valence-electron chi connectivity index (χ4n) is 1.71. The molecule has 0 spiro atoms. The molecule has 0 saturated heterocycles. The van der Waals surface area contributed by atoms with Gasteiger partial charge in [-0.1, -0.05) is 18.2 Å². The van der Waals surface area contributed by atoms with E-state index in [-0.39, 0.29) is 11.4 Å². The lowest BCUT2D eigenvalue weighted by Gasteiger charge is -2.12. The van der Waals surface area contributed by atoms with Crippen molar-refractivity contribution in [2.24, 2.45) is 0 Å². The summed E-state index contributed by atoms with van der Waals surface area (Å²) in [5.74, 6) is -2.37. The Morgan fingerprint density at radius 3 is 1.94 bits per heavy atom. The number of aliphatic hydroxyl groups is 1. The summed E-state index contributed by atoms with van der Waals surface area (Å²) in [4.78, 5) is 0. The highest BCUT2D eigenvalue weighted by Crippen LogP contribution is 2.24. The van der Waals surface area contributed by atoms with Gasteiger partial charge in [0.2, 0.25) is 0 Å². The molecule has 1 atom stereocenters. The number of benzene rings is 2. The second-order valence-electron chi connectivity index (χ2n) is 4.08. The van der Waals surface area contributed by atoms with Crippen molar-refractivity contribution in [3.63, 3.8) is 0 Å². The number of hydrogen-bond acceptors (Lipinski definition) is 1. The summed E-state index contributed by atoms with van der Waals surface area (Å²) < 4.78 is 38.9. The molecule has 1 N–H and O–H groups in total. The van der Waals surface area contributed by atoms with Crippen LogP contribution in [0.4, 0.5) is 13.2 Å². The standard InChI is InChI=1S/C14H11F3O/c1-8-6-9(2-4-11(8)15)14(18)10-3-5-12(16)13(17)7-10/h2-7,14,18H,1H3. The number of hydrogen-bond donors (Lipinski definition) is 1. The third-order valence-electron chi connectivity index (χ3n) is 2.76. The van der Waals surface area contributed by atoms with E-state index in [4.69, 9.17) is 0 Å². The summed E-state index contributed by atoms with van der Waals surface area (Å²) in [5, 5.41) is 10.0. The van der Waals surface area contributed by atoms with Crippen LogP contribution in [0.2, 0.25) is 0 Å². The molecule has 0 fully saturated rings. The van der Waals surface area contributed by atoms with Gasteiger partial charge in [-0.05, 0) is 41.8 Å². The number of aliphatic hydroxyl groups excluding tert-OH is 1. The van der Waals surface area contributed by atoms with Crippen LogP contribution in [-0.2, 0) is 0 Å². The molecule has 0 amide bonds. The van der Waals surface area contributed by atoms with E-state index >= 15 is 0 Å². The molecule has 0 radical (unpaired) electrons. The largest absolute Gasteiger partial charge is 0.384 e. The first-order valence-electron chi connectivity index (χ1n) is 5.38. The third kappa shape index (κ3) is 2.38. The zero-order valence-electron chi connectivity index (χ0n) is 9.62. The third-order valence-corrected chi connectivity index (χ3v) is 2.76. The minimum absolute atomic E-state index is 0.222. The summed E-state index contributed by atoms with van der Waals surface area (Å²) >= 11 is 0. The van der Waals surface area contributed by atoms with Crippen molar-refractivity contribution >= 4 is 0 Å². The topological polar surface area (TPSA) is 20.2 Å². The van der Waals surface area contributed by atoms with E-state index in [0.29, 0.717) is 11.1 Å². The summed E-state index contributed by atoms with van der Waals surface area (Å²) in [6.07, 6.45) is -1.11. The van der Waals surface area contributed by atoms with Gasteiger partial charge in [0.05, 0.1) is 0 Å². The maximum Gasteiger partial charge on any atom is 0.159 e. The van der Waals surface area contributed by atoms with E-state index in [1.165, 1.54) is 24.3 Å². The summed E-state index contributed by atoms with van der Waals surface area (Å²) in [5.41, 5.74) is 1.04. The van der Waals surface area contributed by atoms with Crippen LogP contribution in [0.15, 0.2) is 36.4 Å². The Morgan fingerprint density at radius 2 is 1.39 bits per heavy atom. The lowest BCUT2D eigenvalue weighted by Crippen LogP contribution is -2.02. The molecule has 0 saturated carbocycles. The molecule has 0 aliphatic heterocycles. The minimum atomic E-state index is -1.11. The van der Waals surface area contributed by atoms with Crippen molar-refractivity contribution in [1.29, 1.82) is 0 Å². The lowest BCUT2D eigenvalue weighted by molar-refractivity contribution is 0.219. The van der Waals surface area contributed by atoms with Gasteiger partial charge in [-0.25, -0.2) is 13.2 Å². The zero-order valence-corrected chi connectivity index (χ0v) is 9.62. The van der Waals surface area contributed by atoms with E-state index in [9.17, 15) is 18.3 Å². The van der Waals surface area contributed by atoms with Crippen LogP contribution >= 0.6 is 0 Å². The molecule has 0 bridgehead atoms. The minimum Gasteiger partial charge on any atom is -0.384 e. The van der Waals surface area contributed by atoms with E-state index in [1.54, 1.807) is 6.92 Å². The van der Waals surface area contributed by atoms with E-state index in [1.807, 2.05) is 0 Å². The van der Waals surface area contributed by atoms with Crippen LogP contribution < -0.4 is 0 Å². The molecule has 0 heterocycles. The van der Waals surface area contributed by atoms with Gasteiger partial charge in [0.1, 0.15) is 11.9 Å². The maximum absolute atomic E-state index is 13.1. The molecule has 0 aliphatic rings. The second kappa shape index (κ2) is 4.82. The molecular formula is C14H11F3O. The predicted molar refractivity (Wildman–Crippen MR) is 61.6 cm³/mol. The fourth-order valence-corrected chi connectivity index (χ4v) is 1.71. The average molecular weight is 252 g/mol. The number of aryl methyl sites for hydroxylation is 1. The highest BCUT2D eigenvalue weighted by atomic mass is 19.2. The molecule has 1 unspecified atom stereocenters. The normalized spacial score (nSPS) is 12.5. The lowest BCUT2D eigenvalue weighted by atomic mass is 10.00. The van der Waals surface area contributed by atoms with Crippen molar-refractivity contribution in [3.05, 3.63) is 70.5 Å². The summed E-state index contributed by atoms with van der Waals surface area (Å²) in [6, 6.07) is 7.29. The molecule has 2 aromatic rings. The Bertz CT molecular complexity index is 530. The van der Waals surface area contributed by atoms with Gasteiger partial charge < -0.3 is 5.11 Å². The number of rotatable bonds is 2. The molecule has 2 rings (SSSR count). The van der Waals surface area contributed by atoms with Crippen molar-refractivity contribution in [1.82, 2.24) is 0 Å². The van der Waals surface area contributed by atoms with Crippen LogP contribution in [0.3, 0.4) is 0 Å². The van der Waals surface area contributed by atoms with Gasteiger partial charge in [0, 0.05) is 0 Å². The first kappa shape index (κ1) is 12.6. The zero-order chi connectivity index (χ0) is 13.3. The van der Waals surface area contributed by atoms with Crippen molar-refractivity contribution < 1.29 is 18.3 Å². The molecule has 94 valence electrons. The first-order chi connectivity index (χ1) is 8.49. The van der Waals surface area contributed by atoms with Crippen LogP contribution in [0.1, 0.15) is 22.8 Å². The van der Waals surface area contributed by atoms with Gasteiger partial charge in [-0.15, -0.1) is 0 Å². The molecule has 0 aliphatic carbocycles. The fraction of sp³-hybridized carbons (Fsp3) is 0.143. The van der Waals surface area contributed by atoms with Crippen LogP contribution in [0.25, 0.3) is 0 Å². The maximum atomic E-state index is 13.1. The second-order valence-corrected chi connectivity index (χ2v) is 4.08. The van der Waals surface area contributed by atoms with E-state index in [0.717, 1.165) is 12.1 Å². The van der Waals surface area contributed by atoms with Crippen LogP contribution in [-0.4, -0.2) is 5.11 Å². The van der Waals surface area contributed by atoms with E-state index in [2.05, 4.69) is 0 Å². The predicted octanol–water partition coefficient (Wildman–Crippen LogP) is 3.49. The molecule has 0 aromatic heterocycles. The monoisotopic (exact) mass is 252 g/mol. The van der Waals surface area contributed by atoms with Gasteiger partial charge in [0.15, 0.2) is 11.6 Å². The van der Waals surface area contributed by atoms with Gasteiger partial charge in [-0.2, -0.15) is 0 Å². The van der Waals surface area contributed by atoms with Crippen LogP contribution in [0, 0.1) is 24.4 Å². The van der Waals surface area contributed by atoms with Crippen molar-refractivity contribution in [2.75, 3.05) is 0 Å². The van der Waals surface area contributed by atoms with Crippen LogP contribution in [0.5, 0.6) is 0 Å². The average Bonchev–Trinajstić information content (AvgIpc) is 2.35. The Morgan fingerprint density at radius 1 is 0.833 bits per heavy atom. The van der Waals surface area contributed by atoms with Gasteiger partial charge in [-0.3, -0.25) is 0 Å². The van der Waals surface area contributed by atoms with Crippen molar-refractivity contribution in [2.45, 2.75) is 13.0 Å². The molecular weight excluding hydrogens is 241 g/mol.